The smallest absolute Gasteiger partial charge is 0.184 e. The third kappa shape index (κ3) is 3.57. The fraction of sp³-hybridized carbons (Fsp3) is 0.625. The Kier molecular flexibility index (Phi) is 5.65. The topological polar surface area (TPSA) is 0 Å². The van der Waals surface area contributed by atoms with Crippen LogP contribution in [0.1, 0.15) is 25.7 Å². The van der Waals surface area contributed by atoms with E-state index in [1.54, 1.807) is 19.3 Å². The third-order valence-electron chi connectivity index (χ3n) is 5.11. The summed E-state index contributed by atoms with van der Waals surface area (Å²) in [6.45, 7) is 0. The number of halogens is 4. The van der Waals surface area contributed by atoms with Crippen molar-refractivity contribution in [2.24, 2.45) is 16.2 Å². The summed E-state index contributed by atoms with van der Waals surface area (Å²) in [6.07, 6.45) is 5.90. The van der Waals surface area contributed by atoms with E-state index in [2.05, 4.69) is 37.9 Å². The Labute approximate surface area is 166 Å². The van der Waals surface area contributed by atoms with Gasteiger partial charge >= 0.3 is 18.9 Å². The standard InChI is InChI=1S/C6H5.C5H6Br2Cl2.C5H6.Li/c1-2-4-6-5-3-1;6-5(7)1-4(5,2-8)3-9;1-4-2-5(1,4)3-4;/h1-5H;1-3H2;1-3H2;/q-1;;;+1. The van der Waals surface area contributed by atoms with Crippen LogP contribution in [-0.2, 0) is 0 Å². The number of benzene rings is 1. The molecule has 4 aliphatic rings. The second kappa shape index (κ2) is 6.34. The zero-order valence-corrected chi connectivity index (χ0v) is 16.8. The van der Waals surface area contributed by atoms with Crippen molar-refractivity contribution >= 4 is 55.1 Å². The van der Waals surface area contributed by atoms with Gasteiger partial charge < -0.3 is 0 Å². The van der Waals surface area contributed by atoms with E-state index in [4.69, 9.17) is 23.2 Å². The van der Waals surface area contributed by atoms with Gasteiger partial charge in [0.2, 0.25) is 0 Å². The van der Waals surface area contributed by atoms with Crippen LogP contribution in [-0.4, -0.2) is 15.0 Å². The van der Waals surface area contributed by atoms with Crippen LogP contribution in [0.25, 0.3) is 0 Å². The molecule has 1 aromatic rings. The van der Waals surface area contributed by atoms with Crippen molar-refractivity contribution in [3.8, 4) is 0 Å². The van der Waals surface area contributed by atoms with Crippen LogP contribution in [0.5, 0.6) is 0 Å². The zero-order chi connectivity index (χ0) is 14.5. The first-order valence-electron chi connectivity index (χ1n) is 6.86. The first-order chi connectivity index (χ1) is 9.45. The minimum atomic E-state index is 0. The first kappa shape index (κ1) is 18.7. The van der Waals surface area contributed by atoms with Gasteiger partial charge in [-0.05, 0) is 36.5 Å². The van der Waals surface area contributed by atoms with Gasteiger partial charge in [0, 0.05) is 17.2 Å². The first-order valence-corrected chi connectivity index (χ1v) is 9.51. The molecule has 0 unspecified atom stereocenters. The summed E-state index contributed by atoms with van der Waals surface area (Å²) in [4.78, 5) is 0. The monoisotopic (exact) mass is 444 g/mol. The molecule has 4 fully saturated rings. The maximum absolute atomic E-state index is 5.70. The normalized spacial score (nSPS) is 36.0. The van der Waals surface area contributed by atoms with Gasteiger partial charge in [-0.3, -0.25) is 0 Å². The molecule has 4 aliphatic carbocycles. The van der Waals surface area contributed by atoms with Crippen LogP contribution in [0.3, 0.4) is 0 Å². The number of rotatable bonds is 2. The summed E-state index contributed by atoms with van der Waals surface area (Å²) in [5.74, 6) is 1.24. The van der Waals surface area contributed by atoms with E-state index in [0.29, 0.717) is 11.8 Å². The van der Waals surface area contributed by atoms with Gasteiger partial charge in [0.15, 0.2) is 0 Å². The van der Waals surface area contributed by atoms with E-state index in [9.17, 15) is 0 Å². The van der Waals surface area contributed by atoms with Crippen molar-refractivity contribution in [2.45, 2.75) is 28.9 Å². The van der Waals surface area contributed by atoms with E-state index < -0.39 is 0 Å². The summed E-state index contributed by atoms with van der Waals surface area (Å²) in [6, 6.07) is 12.5. The van der Waals surface area contributed by atoms with Gasteiger partial charge in [-0.25, -0.2) is 0 Å². The van der Waals surface area contributed by atoms with Crippen molar-refractivity contribution < 1.29 is 18.9 Å². The van der Waals surface area contributed by atoms with Gasteiger partial charge in [-0.2, -0.15) is 36.4 Å². The number of hydrogen-bond acceptors (Lipinski definition) is 0. The second-order valence-corrected chi connectivity index (χ2v) is 10.9. The van der Waals surface area contributed by atoms with Crippen molar-refractivity contribution in [2.75, 3.05) is 11.8 Å². The molecular formula is C16H17Br2Cl2Li. The predicted molar refractivity (Wildman–Crippen MR) is 93.1 cm³/mol. The Morgan fingerprint density at radius 3 is 1.29 bits per heavy atom. The Balaban J connectivity index is 0.000000116. The van der Waals surface area contributed by atoms with Crippen LogP contribution in [0, 0.1) is 22.3 Å². The summed E-state index contributed by atoms with van der Waals surface area (Å²) in [5.41, 5.74) is 2.22. The SMILES string of the molecule is C1C23CC12C3.ClCC1(CCl)CC1(Br)Br.[Li+].[c-]1ccccc1. The van der Waals surface area contributed by atoms with Gasteiger partial charge in [0.25, 0.3) is 0 Å². The summed E-state index contributed by atoms with van der Waals surface area (Å²) >= 11 is 18.3. The zero-order valence-electron chi connectivity index (χ0n) is 12.1. The average molecular weight is 447 g/mol. The van der Waals surface area contributed by atoms with E-state index in [1.807, 2.05) is 30.3 Å². The van der Waals surface area contributed by atoms with E-state index in [1.165, 1.54) is 0 Å². The minimum absolute atomic E-state index is 0. The van der Waals surface area contributed by atoms with Crippen LogP contribution < -0.4 is 18.9 Å². The molecule has 0 spiro atoms. The fourth-order valence-corrected chi connectivity index (χ4v) is 5.91. The van der Waals surface area contributed by atoms with Crippen molar-refractivity contribution in [1.29, 1.82) is 0 Å². The van der Waals surface area contributed by atoms with Gasteiger partial charge in [-0.1, -0.05) is 31.9 Å². The largest absolute Gasteiger partial charge is 1.00 e. The molecule has 0 heterocycles. The Hall–Kier alpha value is 1.36. The van der Waals surface area contributed by atoms with Crippen molar-refractivity contribution in [1.82, 2.24) is 0 Å². The molecule has 0 nitrogen and oxygen atoms in total. The molecule has 1 aromatic carbocycles. The Morgan fingerprint density at radius 1 is 0.857 bits per heavy atom. The molecule has 110 valence electrons. The van der Waals surface area contributed by atoms with Crippen molar-refractivity contribution in [3.05, 3.63) is 36.4 Å². The summed E-state index contributed by atoms with van der Waals surface area (Å²) in [7, 11) is 0. The molecule has 21 heavy (non-hydrogen) atoms. The van der Waals surface area contributed by atoms with Gasteiger partial charge in [0.1, 0.15) is 0 Å². The van der Waals surface area contributed by atoms with Crippen LogP contribution in [0.15, 0.2) is 30.3 Å². The molecule has 5 heteroatoms. The van der Waals surface area contributed by atoms with Gasteiger partial charge in [0.05, 0.1) is 3.23 Å². The van der Waals surface area contributed by atoms with E-state index >= 15 is 0 Å². The van der Waals surface area contributed by atoms with Crippen molar-refractivity contribution in [3.63, 3.8) is 0 Å². The third-order valence-corrected chi connectivity index (χ3v) is 8.38. The maximum atomic E-state index is 5.70. The summed E-state index contributed by atoms with van der Waals surface area (Å²) < 4.78 is 0.0243. The minimum Gasteiger partial charge on any atom is -0.184 e. The predicted octanol–water partition coefficient (Wildman–Crippen LogP) is 3.00. The molecular weight excluding hydrogens is 430 g/mol. The number of hydrogen-bond donors (Lipinski definition) is 0. The molecule has 0 atom stereocenters. The second-order valence-electron chi connectivity index (χ2n) is 6.60. The molecule has 0 bridgehead atoms. The molecule has 4 saturated carbocycles. The summed E-state index contributed by atoms with van der Waals surface area (Å²) in [5, 5.41) is 0. The van der Waals surface area contributed by atoms with E-state index in [-0.39, 0.29) is 27.5 Å². The van der Waals surface area contributed by atoms with Crippen LogP contribution in [0.4, 0.5) is 0 Å². The quantitative estimate of drug-likeness (QED) is 0.372. The molecule has 0 N–H and O–H groups in total. The Morgan fingerprint density at radius 2 is 1.24 bits per heavy atom. The van der Waals surface area contributed by atoms with Gasteiger partial charge in [-0.15, -0.1) is 23.2 Å². The maximum Gasteiger partial charge on any atom is 1.00 e. The molecule has 0 aliphatic heterocycles. The molecule has 0 radical (unpaired) electrons. The molecule has 0 saturated heterocycles. The average Bonchev–Trinajstić information content (AvgIpc) is 3.27. The van der Waals surface area contributed by atoms with E-state index in [0.717, 1.165) is 17.3 Å². The fourth-order valence-electron chi connectivity index (χ4n) is 2.70. The Bertz CT molecular complexity index is 430. The number of alkyl halides is 4. The van der Waals surface area contributed by atoms with Crippen LogP contribution >= 0.6 is 55.1 Å². The van der Waals surface area contributed by atoms with Crippen LogP contribution in [0.2, 0.25) is 0 Å². The molecule has 5 rings (SSSR count). The molecule has 0 amide bonds. The molecule has 0 aromatic heterocycles.